The quantitative estimate of drug-likeness (QED) is 0.724. The van der Waals surface area contributed by atoms with Gasteiger partial charge in [0, 0.05) is 24.6 Å². The molecule has 14 heavy (non-hydrogen) atoms. The first-order chi connectivity index (χ1) is 6.74. The molecular formula is C12H15NO. The lowest BCUT2D eigenvalue weighted by Gasteiger charge is -2.08. The van der Waals surface area contributed by atoms with Crippen LogP contribution in [0.25, 0.3) is 0 Å². The monoisotopic (exact) mass is 189 g/mol. The molecular weight excluding hydrogens is 174 g/mol. The van der Waals surface area contributed by atoms with Crippen LogP contribution in [0.2, 0.25) is 0 Å². The van der Waals surface area contributed by atoms with Crippen molar-refractivity contribution >= 4 is 12.0 Å². The van der Waals surface area contributed by atoms with Gasteiger partial charge in [0.1, 0.15) is 6.29 Å². The van der Waals surface area contributed by atoms with Crippen LogP contribution in [0.1, 0.15) is 29.0 Å². The van der Waals surface area contributed by atoms with Crippen LogP contribution < -0.4 is 5.32 Å². The second kappa shape index (κ2) is 3.45. The maximum atomic E-state index is 10.5. The van der Waals surface area contributed by atoms with Crippen LogP contribution in [0, 0.1) is 13.8 Å². The van der Waals surface area contributed by atoms with Crippen molar-refractivity contribution in [2.75, 3.05) is 11.9 Å². The summed E-state index contributed by atoms with van der Waals surface area (Å²) >= 11 is 0. The molecule has 0 amide bonds. The lowest BCUT2D eigenvalue weighted by molar-refractivity contribution is -0.108. The van der Waals surface area contributed by atoms with E-state index >= 15 is 0 Å². The molecule has 0 aromatic heterocycles. The zero-order valence-corrected chi connectivity index (χ0v) is 8.63. The Morgan fingerprint density at radius 1 is 1.50 bits per heavy atom. The van der Waals surface area contributed by atoms with Crippen molar-refractivity contribution < 1.29 is 4.79 Å². The van der Waals surface area contributed by atoms with Gasteiger partial charge in [-0.2, -0.15) is 0 Å². The average molecular weight is 189 g/mol. The van der Waals surface area contributed by atoms with Gasteiger partial charge < -0.3 is 10.1 Å². The van der Waals surface area contributed by atoms with E-state index in [9.17, 15) is 4.79 Å². The number of aldehydes is 1. The average Bonchev–Trinajstić information content (AvgIpc) is 2.57. The van der Waals surface area contributed by atoms with Crippen molar-refractivity contribution in [3.63, 3.8) is 0 Å². The first kappa shape index (κ1) is 9.25. The molecule has 0 saturated carbocycles. The maximum Gasteiger partial charge on any atom is 0.120 e. The molecule has 1 N–H and O–H groups in total. The van der Waals surface area contributed by atoms with Crippen LogP contribution >= 0.6 is 0 Å². The van der Waals surface area contributed by atoms with Crippen molar-refractivity contribution in [3.8, 4) is 0 Å². The van der Waals surface area contributed by atoms with Crippen molar-refractivity contribution in [2.24, 2.45) is 0 Å². The summed E-state index contributed by atoms with van der Waals surface area (Å²) < 4.78 is 0. The second-order valence-electron chi connectivity index (χ2n) is 3.95. The highest BCUT2D eigenvalue weighted by molar-refractivity contribution is 5.66. The molecule has 2 heteroatoms. The third-order valence-corrected chi connectivity index (χ3v) is 3.11. The molecule has 1 unspecified atom stereocenters. The number of anilines is 1. The number of rotatable bonds is 2. The van der Waals surface area contributed by atoms with Crippen molar-refractivity contribution in [2.45, 2.75) is 26.2 Å². The van der Waals surface area contributed by atoms with Crippen LogP contribution in [0.5, 0.6) is 0 Å². The molecule has 0 bridgehead atoms. The van der Waals surface area contributed by atoms with Crippen LogP contribution in [-0.2, 0) is 4.79 Å². The first-order valence-electron chi connectivity index (χ1n) is 5.01. The number of carbonyl (C=O) groups excluding carboxylic acids is 1. The van der Waals surface area contributed by atoms with E-state index in [-0.39, 0.29) is 0 Å². The number of fused-ring (bicyclic) bond motifs is 1. The van der Waals surface area contributed by atoms with Crippen molar-refractivity contribution in [3.05, 3.63) is 28.8 Å². The molecule has 0 saturated heterocycles. The number of nitrogens with one attached hydrogen (secondary N) is 1. The van der Waals surface area contributed by atoms with Gasteiger partial charge in [-0.15, -0.1) is 0 Å². The van der Waals surface area contributed by atoms with E-state index in [1.165, 1.54) is 22.4 Å². The minimum absolute atomic E-state index is 0.377. The van der Waals surface area contributed by atoms with Gasteiger partial charge in [-0.25, -0.2) is 0 Å². The summed E-state index contributed by atoms with van der Waals surface area (Å²) in [6.45, 7) is 5.15. The fourth-order valence-corrected chi connectivity index (χ4v) is 2.07. The molecule has 1 heterocycles. The largest absolute Gasteiger partial charge is 0.384 e. The van der Waals surface area contributed by atoms with Crippen LogP contribution in [0.4, 0.5) is 5.69 Å². The summed E-state index contributed by atoms with van der Waals surface area (Å²) in [6.07, 6.45) is 1.64. The lowest BCUT2D eigenvalue weighted by atomic mass is 9.95. The highest BCUT2D eigenvalue weighted by Gasteiger charge is 2.23. The number of hydrogen-bond acceptors (Lipinski definition) is 2. The van der Waals surface area contributed by atoms with Crippen LogP contribution in [0.15, 0.2) is 12.1 Å². The number of hydrogen-bond donors (Lipinski definition) is 1. The molecule has 0 aliphatic carbocycles. The van der Waals surface area contributed by atoms with Gasteiger partial charge in [0.2, 0.25) is 0 Å². The predicted molar refractivity (Wildman–Crippen MR) is 57.8 cm³/mol. The van der Waals surface area contributed by atoms with E-state index < -0.39 is 0 Å². The number of carbonyl (C=O) groups is 1. The molecule has 1 atom stereocenters. The standard InChI is InChI=1S/C12H15NO/c1-8-3-4-11-10(5-6-14)7-13-12(11)9(8)2/h3-4,6,10,13H,5,7H2,1-2H3. The Labute approximate surface area is 84.3 Å². The Kier molecular flexibility index (Phi) is 2.28. The van der Waals surface area contributed by atoms with E-state index in [2.05, 4.69) is 31.3 Å². The summed E-state index contributed by atoms with van der Waals surface area (Å²) in [5.41, 5.74) is 5.18. The fourth-order valence-electron chi connectivity index (χ4n) is 2.07. The molecule has 2 rings (SSSR count). The molecule has 1 aliphatic rings. The van der Waals surface area contributed by atoms with Crippen molar-refractivity contribution in [1.29, 1.82) is 0 Å². The third-order valence-electron chi connectivity index (χ3n) is 3.11. The Morgan fingerprint density at radius 2 is 2.29 bits per heavy atom. The van der Waals surface area contributed by atoms with Gasteiger partial charge in [-0.1, -0.05) is 12.1 Å². The number of benzene rings is 1. The Balaban J connectivity index is 2.42. The van der Waals surface area contributed by atoms with Gasteiger partial charge in [-0.05, 0) is 30.5 Å². The zero-order chi connectivity index (χ0) is 10.1. The van der Waals surface area contributed by atoms with Crippen LogP contribution in [0.3, 0.4) is 0 Å². The Hall–Kier alpha value is -1.31. The van der Waals surface area contributed by atoms with Crippen LogP contribution in [-0.4, -0.2) is 12.8 Å². The zero-order valence-electron chi connectivity index (χ0n) is 8.63. The molecule has 1 aromatic carbocycles. The predicted octanol–water partition coefficient (Wildman–Crippen LogP) is 2.40. The van der Waals surface area contributed by atoms with Gasteiger partial charge >= 0.3 is 0 Å². The van der Waals surface area contributed by atoms with Gasteiger partial charge in [0.15, 0.2) is 0 Å². The summed E-state index contributed by atoms with van der Waals surface area (Å²) in [4.78, 5) is 10.5. The first-order valence-corrected chi connectivity index (χ1v) is 5.01. The normalized spacial score (nSPS) is 18.9. The molecule has 74 valence electrons. The smallest absolute Gasteiger partial charge is 0.120 e. The molecule has 2 nitrogen and oxygen atoms in total. The minimum atomic E-state index is 0.377. The van der Waals surface area contributed by atoms with E-state index in [0.29, 0.717) is 12.3 Å². The third kappa shape index (κ3) is 1.31. The van der Waals surface area contributed by atoms with Gasteiger partial charge in [0.25, 0.3) is 0 Å². The summed E-state index contributed by atoms with van der Waals surface area (Å²) in [7, 11) is 0. The minimum Gasteiger partial charge on any atom is -0.384 e. The fraction of sp³-hybridized carbons (Fsp3) is 0.417. The molecule has 1 aromatic rings. The van der Waals surface area contributed by atoms with Gasteiger partial charge in [-0.3, -0.25) is 0 Å². The summed E-state index contributed by atoms with van der Waals surface area (Å²) in [5, 5.41) is 3.39. The Morgan fingerprint density at radius 3 is 3.00 bits per heavy atom. The van der Waals surface area contributed by atoms with Crippen molar-refractivity contribution in [1.82, 2.24) is 0 Å². The maximum absolute atomic E-state index is 10.5. The summed E-state index contributed by atoms with van der Waals surface area (Å²) in [6, 6.07) is 4.28. The lowest BCUT2D eigenvalue weighted by Crippen LogP contribution is -2.01. The van der Waals surface area contributed by atoms with E-state index in [0.717, 1.165) is 12.8 Å². The molecule has 0 radical (unpaired) electrons. The molecule has 1 aliphatic heterocycles. The highest BCUT2D eigenvalue weighted by Crippen LogP contribution is 2.36. The van der Waals surface area contributed by atoms with E-state index in [4.69, 9.17) is 0 Å². The second-order valence-corrected chi connectivity index (χ2v) is 3.95. The number of aryl methyl sites for hydroxylation is 1. The van der Waals surface area contributed by atoms with E-state index in [1.807, 2.05) is 0 Å². The summed E-state index contributed by atoms with van der Waals surface area (Å²) in [5.74, 6) is 0.377. The van der Waals surface area contributed by atoms with Gasteiger partial charge in [0.05, 0.1) is 0 Å². The Bertz CT molecular complexity index is 371. The van der Waals surface area contributed by atoms with E-state index in [1.54, 1.807) is 0 Å². The highest BCUT2D eigenvalue weighted by atomic mass is 16.1. The SMILES string of the molecule is Cc1ccc2c(c1C)NCC2CC=O. The molecule has 0 fully saturated rings. The molecule has 0 spiro atoms. The topological polar surface area (TPSA) is 29.1 Å².